The molecule has 0 aliphatic heterocycles. The first kappa shape index (κ1) is 15.6. The summed E-state index contributed by atoms with van der Waals surface area (Å²) in [5, 5.41) is 5.24. The van der Waals surface area contributed by atoms with E-state index in [0.717, 1.165) is 10.0 Å². The van der Waals surface area contributed by atoms with E-state index in [1.54, 1.807) is 18.2 Å². The average Bonchev–Trinajstić information content (AvgIpc) is 2.80. The maximum absolute atomic E-state index is 12.1. The second-order valence-electron chi connectivity index (χ2n) is 4.11. The Labute approximate surface area is 135 Å². The highest BCUT2D eigenvalue weighted by molar-refractivity contribution is 8.02. The van der Waals surface area contributed by atoms with Crippen LogP contribution in [0.5, 0.6) is 0 Å². The number of hydrogen-bond donors (Lipinski definition) is 1. The molecule has 0 aliphatic carbocycles. The van der Waals surface area contributed by atoms with Crippen LogP contribution in [0.15, 0.2) is 27.9 Å². The van der Waals surface area contributed by atoms with Crippen molar-refractivity contribution in [2.45, 2.75) is 23.4 Å². The number of nitrogens with one attached hydrogen (secondary N) is 1. The van der Waals surface area contributed by atoms with Crippen LogP contribution in [0.25, 0.3) is 0 Å². The predicted octanol–water partition coefficient (Wildman–Crippen LogP) is 4.88. The van der Waals surface area contributed by atoms with Gasteiger partial charge in [-0.05, 0) is 26.0 Å². The van der Waals surface area contributed by atoms with Crippen molar-refractivity contribution in [3.8, 4) is 0 Å². The molecule has 0 fully saturated rings. The molecule has 1 unspecified atom stereocenters. The maximum Gasteiger partial charge on any atom is 0.237 e. The summed E-state index contributed by atoms with van der Waals surface area (Å²) in [6.07, 6.45) is 0. The van der Waals surface area contributed by atoms with Crippen LogP contribution in [0.3, 0.4) is 0 Å². The first-order valence-corrected chi connectivity index (χ1v) is 8.32. The number of thiazole rings is 1. The summed E-state index contributed by atoms with van der Waals surface area (Å²) in [5.74, 6) is -0.132. The van der Waals surface area contributed by atoms with E-state index in [2.05, 4.69) is 10.3 Å². The van der Waals surface area contributed by atoms with Crippen molar-refractivity contribution in [2.24, 2.45) is 0 Å². The van der Waals surface area contributed by atoms with Gasteiger partial charge in [-0.25, -0.2) is 4.98 Å². The normalized spacial score (nSPS) is 12.2. The Balaban J connectivity index is 2.02. The molecule has 1 aromatic heterocycles. The lowest BCUT2D eigenvalue weighted by Crippen LogP contribution is -2.22. The summed E-state index contributed by atoms with van der Waals surface area (Å²) in [6.45, 7) is 3.76. The molecule has 1 heterocycles. The number of hydrogen-bond acceptors (Lipinski definition) is 4. The number of halogens is 2. The summed E-state index contributed by atoms with van der Waals surface area (Å²) in [5.41, 5.74) is 1.48. The molecule has 0 radical (unpaired) electrons. The Morgan fingerprint density at radius 1 is 1.45 bits per heavy atom. The molecule has 2 aromatic rings. The first-order chi connectivity index (χ1) is 9.47. The molecule has 1 aromatic carbocycles. The number of benzene rings is 1. The van der Waals surface area contributed by atoms with Gasteiger partial charge in [-0.3, -0.25) is 4.79 Å². The molecule has 2 rings (SSSR count). The molecule has 7 heteroatoms. The van der Waals surface area contributed by atoms with E-state index in [9.17, 15) is 4.79 Å². The van der Waals surface area contributed by atoms with E-state index in [1.165, 1.54) is 23.1 Å². The van der Waals surface area contributed by atoms with Gasteiger partial charge in [0.25, 0.3) is 0 Å². The van der Waals surface area contributed by atoms with Crippen LogP contribution in [0.1, 0.15) is 12.6 Å². The lowest BCUT2D eigenvalue weighted by Gasteiger charge is -2.12. The molecule has 0 spiro atoms. The first-order valence-electron chi connectivity index (χ1n) is 5.81. The zero-order valence-electron chi connectivity index (χ0n) is 10.8. The fourth-order valence-electron chi connectivity index (χ4n) is 1.43. The topological polar surface area (TPSA) is 42.0 Å². The van der Waals surface area contributed by atoms with Gasteiger partial charge in [0.05, 0.1) is 21.0 Å². The van der Waals surface area contributed by atoms with Gasteiger partial charge in [0.15, 0.2) is 4.34 Å². The second-order valence-corrected chi connectivity index (χ2v) is 7.34. The molecule has 0 aliphatic rings. The van der Waals surface area contributed by atoms with Gasteiger partial charge in [-0.15, -0.1) is 11.3 Å². The predicted molar refractivity (Wildman–Crippen MR) is 87.3 cm³/mol. The standard InChI is InChI=1S/C13H12Cl2N2OS2/c1-7-6-19-13(16-7)20-8(2)12(18)17-10-5-3-4-9(14)11(10)15/h3-6,8H,1-2H3,(H,17,18). The molecular weight excluding hydrogens is 335 g/mol. The highest BCUT2D eigenvalue weighted by Crippen LogP contribution is 2.31. The molecule has 1 N–H and O–H groups in total. The third kappa shape index (κ3) is 3.88. The van der Waals surface area contributed by atoms with Gasteiger partial charge in [0.1, 0.15) is 0 Å². The van der Waals surface area contributed by atoms with E-state index in [0.29, 0.717) is 15.7 Å². The minimum Gasteiger partial charge on any atom is -0.324 e. The van der Waals surface area contributed by atoms with Crippen molar-refractivity contribution in [3.05, 3.63) is 39.3 Å². The van der Waals surface area contributed by atoms with Gasteiger partial charge >= 0.3 is 0 Å². The maximum atomic E-state index is 12.1. The summed E-state index contributed by atoms with van der Waals surface area (Å²) in [6, 6.07) is 5.14. The van der Waals surface area contributed by atoms with Crippen LogP contribution in [0.2, 0.25) is 10.0 Å². The fourth-order valence-corrected chi connectivity index (χ4v) is 3.76. The number of carbonyl (C=O) groups is 1. The number of anilines is 1. The number of carbonyl (C=O) groups excluding carboxylic acids is 1. The molecule has 1 atom stereocenters. The summed E-state index contributed by atoms with van der Waals surface area (Å²) in [4.78, 5) is 16.5. The lowest BCUT2D eigenvalue weighted by molar-refractivity contribution is -0.115. The van der Waals surface area contributed by atoms with Crippen LogP contribution >= 0.6 is 46.3 Å². The molecule has 0 bridgehead atoms. The van der Waals surface area contributed by atoms with E-state index < -0.39 is 0 Å². The number of rotatable bonds is 4. The van der Waals surface area contributed by atoms with Gasteiger partial charge in [-0.1, -0.05) is 41.0 Å². The van der Waals surface area contributed by atoms with Crippen molar-refractivity contribution in [1.29, 1.82) is 0 Å². The Bertz CT molecular complexity index is 631. The highest BCUT2D eigenvalue weighted by atomic mass is 35.5. The lowest BCUT2D eigenvalue weighted by atomic mass is 10.3. The summed E-state index contributed by atoms with van der Waals surface area (Å²) < 4.78 is 0.877. The zero-order valence-corrected chi connectivity index (χ0v) is 14.0. The van der Waals surface area contributed by atoms with Crippen molar-refractivity contribution in [2.75, 3.05) is 5.32 Å². The SMILES string of the molecule is Cc1csc(SC(C)C(=O)Nc2cccc(Cl)c2Cl)n1. The largest absolute Gasteiger partial charge is 0.324 e. The molecule has 1 amide bonds. The van der Waals surface area contributed by atoms with E-state index in [4.69, 9.17) is 23.2 Å². The molecule has 20 heavy (non-hydrogen) atoms. The Kier molecular flexibility index (Phi) is 5.32. The van der Waals surface area contributed by atoms with Crippen molar-refractivity contribution < 1.29 is 4.79 Å². The number of nitrogens with zero attached hydrogens (tertiary/aromatic N) is 1. The number of aromatic nitrogens is 1. The third-order valence-electron chi connectivity index (χ3n) is 2.45. The second kappa shape index (κ2) is 6.80. The molecule has 0 saturated carbocycles. The molecular formula is C13H12Cl2N2OS2. The monoisotopic (exact) mass is 346 g/mol. The quantitative estimate of drug-likeness (QED) is 0.802. The highest BCUT2D eigenvalue weighted by Gasteiger charge is 2.17. The van der Waals surface area contributed by atoms with Crippen LogP contribution in [-0.4, -0.2) is 16.1 Å². The Morgan fingerprint density at radius 2 is 2.20 bits per heavy atom. The van der Waals surface area contributed by atoms with E-state index >= 15 is 0 Å². The van der Waals surface area contributed by atoms with Gasteiger partial charge in [-0.2, -0.15) is 0 Å². The van der Waals surface area contributed by atoms with Crippen LogP contribution in [0, 0.1) is 6.92 Å². The number of thioether (sulfide) groups is 1. The Morgan fingerprint density at radius 3 is 2.85 bits per heavy atom. The van der Waals surface area contributed by atoms with Gasteiger partial charge < -0.3 is 5.32 Å². The fraction of sp³-hybridized carbons (Fsp3) is 0.231. The Hall–Kier alpha value is -0.750. The van der Waals surface area contributed by atoms with Crippen LogP contribution in [0.4, 0.5) is 5.69 Å². The summed E-state index contributed by atoms with van der Waals surface area (Å²) in [7, 11) is 0. The van der Waals surface area contributed by atoms with Crippen LogP contribution in [-0.2, 0) is 4.79 Å². The van der Waals surface area contributed by atoms with Crippen molar-refractivity contribution in [1.82, 2.24) is 4.98 Å². The molecule has 106 valence electrons. The van der Waals surface area contributed by atoms with Crippen molar-refractivity contribution >= 4 is 57.9 Å². The van der Waals surface area contributed by atoms with Gasteiger partial charge in [0, 0.05) is 11.1 Å². The minimum atomic E-state index is -0.268. The van der Waals surface area contributed by atoms with E-state index in [-0.39, 0.29) is 11.2 Å². The van der Waals surface area contributed by atoms with Crippen molar-refractivity contribution in [3.63, 3.8) is 0 Å². The third-order valence-corrected chi connectivity index (χ3v) is 5.46. The van der Waals surface area contributed by atoms with E-state index in [1.807, 2.05) is 19.2 Å². The smallest absolute Gasteiger partial charge is 0.237 e. The number of amides is 1. The van der Waals surface area contributed by atoms with Gasteiger partial charge in [0.2, 0.25) is 5.91 Å². The molecule has 0 saturated heterocycles. The van der Waals surface area contributed by atoms with Crippen LogP contribution < -0.4 is 5.32 Å². The number of aryl methyl sites for hydroxylation is 1. The zero-order chi connectivity index (χ0) is 14.7. The average molecular weight is 347 g/mol. The minimum absolute atomic E-state index is 0.132. The summed E-state index contributed by atoms with van der Waals surface area (Å²) >= 11 is 14.9. The molecule has 3 nitrogen and oxygen atoms in total.